The molecular formula is C17H17Br2FN2O3. The van der Waals surface area contributed by atoms with Crippen molar-refractivity contribution in [1.29, 1.82) is 0 Å². The molecule has 0 bridgehead atoms. The van der Waals surface area contributed by atoms with Gasteiger partial charge in [0.05, 0.1) is 17.5 Å². The molecule has 2 aliphatic rings. The van der Waals surface area contributed by atoms with E-state index in [4.69, 9.17) is 0 Å². The molecule has 3 rings (SSSR count). The Bertz CT molecular complexity index is 694. The van der Waals surface area contributed by atoms with Gasteiger partial charge in [0, 0.05) is 21.9 Å². The molecule has 1 aromatic carbocycles. The minimum Gasteiger partial charge on any atom is -0.323 e. The lowest BCUT2D eigenvalue weighted by Gasteiger charge is -2.19. The lowest BCUT2D eigenvalue weighted by molar-refractivity contribution is -0.140. The molecule has 0 radical (unpaired) electrons. The number of halogens is 3. The Kier molecular flexibility index (Phi) is 5.58. The van der Waals surface area contributed by atoms with E-state index in [1.807, 2.05) is 0 Å². The number of carbonyl (C=O) groups excluding carboxylic acids is 3. The van der Waals surface area contributed by atoms with Gasteiger partial charge in [-0.2, -0.15) is 0 Å². The molecule has 1 saturated heterocycles. The van der Waals surface area contributed by atoms with Crippen LogP contribution in [0.3, 0.4) is 0 Å². The summed E-state index contributed by atoms with van der Waals surface area (Å²) in [6.07, 6.45) is 3.36. The van der Waals surface area contributed by atoms with Crippen LogP contribution in [-0.2, 0) is 14.4 Å². The molecule has 3 amide bonds. The van der Waals surface area contributed by atoms with Crippen molar-refractivity contribution in [2.24, 2.45) is 11.8 Å². The van der Waals surface area contributed by atoms with Crippen molar-refractivity contribution in [1.82, 2.24) is 4.90 Å². The van der Waals surface area contributed by atoms with Crippen molar-refractivity contribution in [2.45, 2.75) is 32.1 Å². The fraction of sp³-hybridized carbons (Fsp3) is 0.471. The number of fused-ring (bicyclic) bond motifs is 1. The smallest absolute Gasteiger partial charge is 0.233 e. The number of benzene rings is 1. The number of carbonyl (C=O) groups is 3. The van der Waals surface area contributed by atoms with Gasteiger partial charge in [-0.1, -0.05) is 28.8 Å². The van der Waals surface area contributed by atoms with Crippen LogP contribution in [0.1, 0.15) is 32.1 Å². The van der Waals surface area contributed by atoms with Crippen LogP contribution in [0.25, 0.3) is 0 Å². The topological polar surface area (TPSA) is 66.5 Å². The summed E-state index contributed by atoms with van der Waals surface area (Å²) in [4.78, 5) is 38.1. The number of rotatable bonds is 4. The average molecular weight is 476 g/mol. The highest BCUT2D eigenvalue weighted by Gasteiger charge is 2.47. The molecule has 2 atom stereocenters. The number of amides is 3. The van der Waals surface area contributed by atoms with Gasteiger partial charge in [0.15, 0.2) is 0 Å². The summed E-state index contributed by atoms with van der Waals surface area (Å²) < 4.78 is 14.9. The summed E-state index contributed by atoms with van der Waals surface area (Å²) in [5.74, 6) is -1.80. The van der Waals surface area contributed by atoms with Crippen LogP contribution >= 0.6 is 31.9 Å². The molecule has 0 spiro atoms. The van der Waals surface area contributed by atoms with E-state index in [1.165, 1.54) is 11.0 Å². The van der Waals surface area contributed by atoms with Gasteiger partial charge in [-0.15, -0.1) is 0 Å². The molecule has 5 nitrogen and oxygen atoms in total. The third-order valence-electron chi connectivity index (χ3n) is 4.77. The predicted molar refractivity (Wildman–Crippen MR) is 97.2 cm³/mol. The quantitative estimate of drug-likeness (QED) is 0.672. The monoisotopic (exact) mass is 474 g/mol. The van der Waals surface area contributed by atoms with Crippen LogP contribution in [0, 0.1) is 17.7 Å². The fourth-order valence-electron chi connectivity index (χ4n) is 3.53. The van der Waals surface area contributed by atoms with Gasteiger partial charge in [-0.25, -0.2) is 4.39 Å². The summed E-state index contributed by atoms with van der Waals surface area (Å²) in [5.41, 5.74) is 0.0425. The Morgan fingerprint density at radius 3 is 2.32 bits per heavy atom. The maximum absolute atomic E-state index is 13.9. The number of likely N-dealkylation sites (tertiary alicyclic amines) is 1. The lowest BCUT2D eigenvalue weighted by Crippen LogP contribution is -2.34. The van der Waals surface area contributed by atoms with Crippen molar-refractivity contribution < 1.29 is 18.8 Å². The average Bonchev–Trinajstić information content (AvgIpc) is 2.81. The Balaban J connectivity index is 1.61. The molecule has 8 heteroatoms. The summed E-state index contributed by atoms with van der Waals surface area (Å²) in [5, 5.41) is 2.49. The fourth-order valence-corrected chi connectivity index (χ4v) is 4.80. The predicted octanol–water partition coefficient (Wildman–Crippen LogP) is 3.85. The first kappa shape index (κ1) is 18.5. The first-order chi connectivity index (χ1) is 11.9. The zero-order chi connectivity index (χ0) is 18.1. The number of imide groups is 1. The van der Waals surface area contributed by atoms with Crippen molar-refractivity contribution in [3.05, 3.63) is 26.9 Å². The van der Waals surface area contributed by atoms with E-state index in [9.17, 15) is 18.8 Å². The summed E-state index contributed by atoms with van der Waals surface area (Å²) in [7, 11) is 0. The van der Waals surface area contributed by atoms with Crippen LogP contribution in [0.15, 0.2) is 21.1 Å². The molecular weight excluding hydrogens is 459 g/mol. The van der Waals surface area contributed by atoms with E-state index < -0.39 is 11.7 Å². The SMILES string of the molecule is O=C(CCN1C(=O)[C@H]2CCCC[C@H]2C1=O)Nc1c(F)cc(Br)cc1Br. The minimum absolute atomic E-state index is 0.0340. The number of nitrogens with one attached hydrogen (secondary N) is 1. The normalized spacial score (nSPS) is 22.9. The first-order valence-corrected chi connectivity index (χ1v) is 9.76. The van der Waals surface area contributed by atoms with Crippen molar-refractivity contribution in [3.63, 3.8) is 0 Å². The number of nitrogens with zero attached hydrogens (tertiary/aromatic N) is 1. The second kappa shape index (κ2) is 7.53. The van der Waals surface area contributed by atoms with Crippen LogP contribution in [0.5, 0.6) is 0 Å². The molecule has 134 valence electrons. The van der Waals surface area contributed by atoms with Gasteiger partial charge in [0.2, 0.25) is 17.7 Å². The van der Waals surface area contributed by atoms with E-state index in [0.29, 0.717) is 8.95 Å². The highest BCUT2D eigenvalue weighted by atomic mass is 79.9. The molecule has 0 aromatic heterocycles. The molecule has 1 N–H and O–H groups in total. The van der Waals surface area contributed by atoms with E-state index in [2.05, 4.69) is 37.2 Å². The molecule has 25 heavy (non-hydrogen) atoms. The zero-order valence-corrected chi connectivity index (χ0v) is 16.5. The third-order valence-corrected chi connectivity index (χ3v) is 5.85. The first-order valence-electron chi connectivity index (χ1n) is 8.18. The van der Waals surface area contributed by atoms with Gasteiger partial charge in [-0.05, 0) is 40.9 Å². The molecule has 1 aromatic rings. The van der Waals surface area contributed by atoms with Crippen LogP contribution in [0.2, 0.25) is 0 Å². The van der Waals surface area contributed by atoms with E-state index in [-0.39, 0.29) is 42.3 Å². The molecule has 1 aliphatic carbocycles. The summed E-state index contributed by atoms with van der Waals surface area (Å²) >= 11 is 6.37. The molecule has 0 unspecified atom stereocenters. The Labute approximate surface area is 161 Å². The number of hydrogen-bond acceptors (Lipinski definition) is 3. The molecule has 1 aliphatic heterocycles. The van der Waals surface area contributed by atoms with Crippen LogP contribution < -0.4 is 5.32 Å². The van der Waals surface area contributed by atoms with Gasteiger partial charge >= 0.3 is 0 Å². The maximum atomic E-state index is 13.9. The Morgan fingerprint density at radius 2 is 1.76 bits per heavy atom. The van der Waals surface area contributed by atoms with Gasteiger partial charge in [-0.3, -0.25) is 19.3 Å². The standard InChI is InChI=1S/C17H17Br2FN2O3/c18-9-7-12(19)15(13(20)8-9)21-14(23)5-6-22-16(24)10-3-1-2-4-11(10)17(22)25/h7-8,10-11H,1-6H2,(H,21,23)/t10-,11+. The van der Waals surface area contributed by atoms with Crippen LogP contribution in [-0.4, -0.2) is 29.2 Å². The zero-order valence-electron chi connectivity index (χ0n) is 13.4. The molecule has 2 fully saturated rings. The minimum atomic E-state index is -0.575. The highest BCUT2D eigenvalue weighted by Crippen LogP contribution is 2.38. The Morgan fingerprint density at radius 1 is 1.16 bits per heavy atom. The number of anilines is 1. The highest BCUT2D eigenvalue weighted by molar-refractivity contribution is 9.11. The van der Waals surface area contributed by atoms with Gasteiger partial charge in [0.1, 0.15) is 5.82 Å². The second-order valence-corrected chi connectivity index (χ2v) is 8.14. The molecule has 1 saturated carbocycles. The van der Waals surface area contributed by atoms with Gasteiger partial charge in [0.25, 0.3) is 0 Å². The van der Waals surface area contributed by atoms with Crippen molar-refractivity contribution in [2.75, 3.05) is 11.9 Å². The number of hydrogen-bond donors (Lipinski definition) is 1. The Hall–Kier alpha value is -1.28. The summed E-state index contributed by atoms with van der Waals surface area (Å²) in [6, 6.07) is 2.87. The van der Waals surface area contributed by atoms with E-state index in [1.54, 1.807) is 6.07 Å². The second-order valence-electron chi connectivity index (χ2n) is 6.37. The lowest BCUT2D eigenvalue weighted by atomic mass is 9.81. The summed E-state index contributed by atoms with van der Waals surface area (Å²) in [6.45, 7) is 0.0340. The molecule has 1 heterocycles. The van der Waals surface area contributed by atoms with Crippen molar-refractivity contribution >= 4 is 55.3 Å². The van der Waals surface area contributed by atoms with Crippen LogP contribution in [0.4, 0.5) is 10.1 Å². The van der Waals surface area contributed by atoms with Crippen molar-refractivity contribution in [3.8, 4) is 0 Å². The van der Waals surface area contributed by atoms with E-state index >= 15 is 0 Å². The van der Waals surface area contributed by atoms with E-state index in [0.717, 1.165) is 25.7 Å². The third kappa shape index (κ3) is 3.79. The maximum Gasteiger partial charge on any atom is 0.233 e. The largest absolute Gasteiger partial charge is 0.323 e. The van der Waals surface area contributed by atoms with Gasteiger partial charge < -0.3 is 5.32 Å².